The summed E-state index contributed by atoms with van der Waals surface area (Å²) in [6, 6.07) is 4.04. The maximum absolute atomic E-state index is 13.8. The van der Waals surface area contributed by atoms with Gasteiger partial charge in [-0.1, -0.05) is 0 Å². The van der Waals surface area contributed by atoms with Gasteiger partial charge in [-0.25, -0.2) is 0 Å². The first-order valence-electron chi connectivity index (χ1n) is 11.8. The van der Waals surface area contributed by atoms with Gasteiger partial charge >= 0.3 is 0 Å². The first kappa shape index (κ1) is 20.8. The lowest BCUT2D eigenvalue weighted by Gasteiger charge is -2.24. The zero-order valence-electron chi connectivity index (χ0n) is 18.2. The summed E-state index contributed by atoms with van der Waals surface area (Å²) < 4.78 is 2.11. The smallest absolute Gasteiger partial charge is 0.257 e. The highest BCUT2D eigenvalue weighted by molar-refractivity contribution is 7.15. The zero-order valence-corrected chi connectivity index (χ0v) is 19.0. The molecule has 0 spiro atoms. The van der Waals surface area contributed by atoms with E-state index in [-0.39, 0.29) is 11.8 Å². The van der Waals surface area contributed by atoms with Crippen LogP contribution in [-0.4, -0.2) is 76.9 Å². The van der Waals surface area contributed by atoms with E-state index in [2.05, 4.69) is 9.47 Å². The van der Waals surface area contributed by atoms with Gasteiger partial charge in [0.1, 0.15) is 5.00 Å². The summed E-state index contributed by atoms with van der Waals surface area (Å²) in [5.74, 6) is 0.426. The number of aryl methyl sites for hydroxylation is 1. The first-order valence-corrected chi connectivity index (χ1v) is 12.6. The van der Waals surface area contributed by atoms with Crippen LogP contribution >= 0.6 is 11.3 Å². The molecule has 2 amide bonds. The van der Waals surface area contributed by atoms with Crippen molar-refractivity contribution in [3.05, 3.63) is 40.5 Å². The molecule has 6 nitrogen and oxygen atoms in total. The Labute approximate surface area is 188 Å². The van der Waals surface area contributed by atoms with E-state index in [0.29, 0.717) is 13.1 Å². The number of rotatable bonds is 4. The van der Waals surface area contributed by atoms with E-state index in [1.165, 1.54) is 23.3 Å². The lowest BCUT2D eigenvalue weighted by molar-refractivity contribution is -0.131. The molecule has 0 saturated carbocycles. The molecule has 1 aliphatic carbocycles. The maximum atomic E-state index is 13.8. The molecule has 0 atom stereocenters. The Balaban J connectivity index is 1.31. The lowest BCUT2D eigenvalue weighted by Crippen LogP contribution is -2.41. The minimum atomic E-state index is 0.177. The van der Waals surface area contributed by atoms with E-state index in [1.54, 1.807) is 11.3 Å². The quantitative estimate of drug-likeness (QED) is 0.734. The predicted molar refractivity (Wildman–Crippen MR) is 123 cm³/mol. The number of fused-ring (bicyclic) bond motifs is 1. The molecule has 2 aliphatic heterocycles. The fourth-order valence-electron chi connectivity index (χ4n) is 5.17. The van der Waals surface area contributed by atoms with Gasteiger partial charge in [0.05, 0.1) is 12.1 Å². The molecule has 0 aromatic carbocycles. The Kier molecular flexibility index (Phi) is 6.14. The molecule has 2 saturated heterocycles. The highest BCUT2D eigenvalue weighted by Gasteiger charge is 2.30. The van der Waals surface area contributed by atoms with E-state index in [9.17, 15) is 9.59 Å². The molecular formula is C24H32N4O2S. The van der Waals surface area contributed by atoms with Crippen molar-refractivity contribution in [2.24, 2.45) is 0 Å². The van der Waals surface area contributed by atoms with Gasteiger partial charge in [0, 0.05) is 56.5 Å². The van der Waals surface area contributed by atoms with Crippen LogP contribution in [0.2, 0.25) is 0 Å². The van der Waals surface area contributed by atoms with Crippen LogP contribution in [0.4, 0.5) is 0 Å². The van der Waals surface area contributed by atoms with Crippen molar-refractivity contribution in [1.29, 1.82) is 0 Å². The molecule has 0 bridgehead atoms. The molecule has 166 valence electrons. The zero-order chi connectivity index (χ0) is 21.2. The molecule has 3 aliphatic rings. The Hall–Kier alpha value is -2.12. The number of aromatic nitrogens is 1. The normalized spacial score (nSPS) is 20.0. The van der Waals surface area contributed by atoms with E-state index in [1.807, 2.05) is 34.3 Å². The van der Waals surface area contributed by atoms with Crippen molar-refractivity contribution in [2.75, 3.05) is 45.8 Å². The summed E-state index contributed by atoms with van der Waals surface area (Å²) in [6.07, 6.45) is 11.8. The van der Waals surface area contributed by atoms with E-state index in [4.69, 9.17) is 0 Å². The van der Waals surface area contributed by atoms with Gasteiger partial charge in [-0.15, -0.1) is 11.3 Å². The molecule has 2 aromatic heterocycles. The van der Waals surface area contributed by atoms with Crippen molar-refractivity contribution < 1.29 is 9.59 Å². The summed E-state index contributed by atoms with van der Waals surface area (Å²) in [4.78, 5) is 34.0. The number of hydrogen-bond donors (Lipinski definition) is 0. The van der Waals surface area contributed by atoms with Crippen LogP contribution in [0.3, 0.4) is 0 Å². The lowest BCUT2D eigenvalue weighted by atomic mass is 9.95. The fraction of sp³-hybridized carbons (Fsp3) is 0.583. The number of hydrogen-bond acceptors (Lipinski definition) is 4. The van der Waals surface area contributed by atoms with Gasteiger partial charge in [0.25, 0.3) is 5.91 Å². The number of nitrogens with zero attached hydrogens (tertiary/aromatic N) is 4. The average molecular weight is 441 g/mol. The van der Waals surface area contributed by atoms with Crippen LogP contribution in [0.25, 0.3) is 5.00 Å². The number of thiophene rings is 1. The highest BCUT2D eigenvalue weighted by atomic mass is 32.1. The number of carbonyl (C=O) groups excluding carboxylic acids is 2. The predicted octanol–water partition coefficient (Wildman–Crippen LogP) is 3.19. The Bertz CT molecular complexity index is 930. The second-order valence-electron chi connectivity index (χ2n) is 8.99. The molecule has 31 heavy (non-hydrogen) atoms. The van der Waals surface area contributed by atoms with Crippen LogP contribution < -0.4 is 0 Å². The fourth-order valence-corrected chi connectivity index (χ4v) is 6.52. The third-order valence-electron chi connectivity index (χ3n) is 6.90. The SMILES string of the molecule is O=C(CN1CCCN(C(=O)c2c(-n3cccc3)sc3c2CCCC3)CC1)N1CCCC1. The highest BCUT2D eigenvalue weighted by Crippen LogP contribution is 2.37. The molecule has 7 heteroatoms. The summed E-state index contributed by atoms with van der Waals surface area (Å²) in [6.45, 7) is 5.42. The third-order valence-corrected chi connectivity index (χ3v) is 8.20. The summed E-state index contributed by atoms with van der Waals surface area (Å²) in [7, 11) is 0. The van der Waals surface area contributed by atoms with Crippen molar-refractivity contribution in [3.8, 4) is 5.00 Å². The number of amides is 2. The second kappa shape index (κ2) is 9.17. The van der Waals surface area contributed by atoms with Crippen molar-refractivity contribution in [1.82, 2.24) is 19.3 Å². The Morgan fingerprint density at radius 3 is 2.35 bits per heavy atom. The van der Waals surface area contributed by atoms with Gasteiger partial charge in [-0.2, -0.15) is 0 Å². The van der Waals surface area contributed by atoms with Crippen LogP contribution in [0.5, 0.6) is 0 Å². The van der Waals surface area contributed by atoms with E-state index < -0.39 is 0 Å². The third kappa shape index (κ3) is 4.30. The van der Waals surface area contributed by atoms with Gasteiger partial charge in [-0.05, 0) is 62.6 Å². The van der Waals surface area contributed by atoms with Crippen LogP contribution in [-0.2, 0) is 17.6 Å². The van der Waals surface area contributed by atoms with E-state index >= 15 is 0 Å². The molecule has 2 aromatic rings. The summed E-state index contributed by atoms with van der Waals surface area (Å²) in [5.41, 5.74) is 2.22. The number of likely N-dealkylation sites (tertiary alicyclic amines) is 1. The number of carbonyl (C=O) groups is 2. The largest absolute Gasteiger partial charge is 0.342 e. The first-order chi connectivity index (χ1) is 15.2. The molecule has 0 unspecified atom stereocenters. The van der Waals surface area contributed by atoms with Crippen molar-refractivity contribution in [3.63, 3.8) is 0 Å². The van der Waals surface area contributed by atoms with Crippen LogP contribution in [0.1, 0.15) is 52.9 Å². The minimum absolute atomic E-state index is 0.177. The Morgan fingerprint density at radius 1 is 0.806 bits per heavy atom. The molecule has 0 radical (unpaired) electrons. The molecule has 5 rings (SSSR count). The van der Waals surface area contributed by atoms with Crippen molar-refractivity contribution >= 4 is 23.2 Å². The molecule has 4 heterocycles. The summed E-state index contributed by atoms with van der Waals surface area (Å²) >= 11 is 1.80. The van der Waals surface area contributed by atoms with E-state index in [0.717, 1.165) is 75.4 Å². The van der Waals surface area contributed by atoms with Gasteiger partial charge in [-0.3, -0.25) is 14.5 Å². The topological polar surface area (TPSA) is 48.8 Å². The average Bonchev–Trinajstić information content (AvgIpc) is 3.52. The van der Waals surface area contributed by atoms with Gasteiger partial charge in [0.15, 0.2) is 0 Å². The molecular weight excluding hydrogens is 408 g/mol. The second-order valence-corrected chi connectivity index (χ2v) is 10.1. The van der Waals surface area contributed by atoms with Crippen LogP contribution in [0, 0.1) is 0 Å². The van der Waals surface area contributed by atoms with Gasteiger partial charge in [0.2, 0.25) is 5.91 Å². The van der Waals surface area contributed by atoms with Crippen molar-refractivity contribution in [2.45, 2.75) is 44.9 Å². The molecule has 2 fully saturated rings. The Morgan fingerprint density at radius 2 is 1.55 bits per heavy atom. The summed E-state index contributed by atoms with van der Waals surface area (Å²) in [5, 5.41) is 1.08. The minimum Gasteiger partial charge on any atom is -0.342 e. The standard InChI is InChI=1S/C24H32N4O2S/c29-21(26-11-3-4-12-26)18-25-10-7-15-27(17-16-25)23(30)22-19-8-1-2-9-20(19)31-24(22)28-13-5-6-14-28/h5-6,13-14H,1-4,7-12,15-18H2. The molecule has 0 N–H and O–H groups in total. The monoisotopic (exact) mass is 440 g/mol. The van der Waals surface area contributed by atoms with Gasteiger partial charge < -0.3 is 14.4 Å². The maximum Gasteiger partial charge on any atom is 0.257 e. The van der Waals surface area contributed by atoms with Crippen LogP contribution in [0.15, 0.2) is 24.5 Å².